The van der Waals surface area contributed by atoms with Crippen molar-refractivity contribution in [3.8, 4) is 0 Å². The molecule has 0 spiro atoms. The second-order valence-corrected chi connectivity index (χ2v) is 4.48. The first-order valence-electron chi connectivity index (χ1n) is 5.71. The maximum atomic E-state index is 12.2. The molecule has 0 aromatic rings. The van der Waals surface area contributed by atoms with Gasteiger partial charge in [-0.15, -0.1) is 0 Å². The van der Waals surface area contributed by atoms with Crippen molar-refractivity contribution in [2.75, 3.05) is 19.8 Å². The quantitative estimate of drug-likeness (QED) is 0.646. The Hall–Kier alpha value is -0.610. The minimum absolute atomic E-state index is 0.149. The van der Waals surface area contributed by atoms with E-state index in [-0.39, 0.29) is 24.1 Å². The Morgan fingerprint density at radius 1 is 1.27 bits per heavy atom. The summed E-state index contributed by atoms with van der Waals surface area (Å²) in [4.78, 5) is 14.1. The lowest BCUT2D eigenvalue weighted by molar-refractivity contribution is -0.153. The van der Waals surface area contributed by atoms with E-state index in [4.69, 9.17) is 9.47 Å². The Morgan fingerprint density at radius 2 is 1.93 bits per heavy atom. The van der Waals surface area contributed by atoms with Crippen LogP contribution in [-0.2, 0) is 14.3 Å². The van der Waals surface area contributed by atoms with Crippen LogP contribution in [0.4, 0.5) is 0 Å². The predicted octanol–water partition coefficient (Wildman–Crippen LogP) is 0.801. The minimum atomic E-state index is -0.201. The number of morpholine rings is 1. The number of hydrogen-bond donors (Lipinski definition) is 0. The van der Waals surface area contributed by atoms with Crippen molar-refractivity contribution in [3.05, 3.63) is 0 Å². The summed E-state index contributed by atoms with van der Waals surface area (Å²) in [7, 11) is 0. The maximum absolute atomic E-state index is 12.2. The molecule has 0 saturated carbocycles. The molecule has 2 heterocycles. The van der Waals surface area contributed by atoms with Crippen LogP contribution in [0.1, 0.15) is 26.7 Å². The van der Waals surface area contributed by atoms with E-state index in [0.29, 0.717) is 13.2 Å². The van der Waals surface area contributed by atoms with Crippen molar-refractivity contribution >= 4 is 5.91 Å². The summed E-state index contributed by atoms with van der Waals surface area (Å²) < 4.78 is 10.8. The first-order valence-corrected chi connectivity index (χ1v) is 5.71. The van der Waals surface area contributed by atoms with E-state index in [2.05, 4.69) is 0 Å². The van der Waals surface area contributed by atoms with Gasteiger partial charge in [-0.1, -0.05) is 0 Å². The lowest BCUT2D eigenvalue weighted by Crippen LogP contribution is -2.55. The van der Waals surface area contributed by atoms with Gasteiger partial charge in [-0.25, -0.2) is 0 Å². The third-order valence-electron chi connectivity index (χ3n) is 3.13. The van der Waals surface area contributed by atoms with Crippen LogP contribution in [-0.4, -0.2) is 48.8 Å². The molecule has 0 aromatic heterocycles. The molecule has 0 radical (unpaired) electrons. The van der Waals surface area contributed by atoms with Crippen LogP contribution in [0.3, 0.4) is 0 Å². The molecular weight excluding hydrogens is 194 g/mol. The average Bonchev–Trinajstić information content (AvgIpc) is 2.69. The van der Waals surface area contributed by atoms with Crippen LogP contribution in [0.25, 0.3) is 0 Å². The van der Waals surface area contributed by atoms with E-state index in [1.165, 1.54) is 0 Å². The lowest BCUT2D eigenvalue weighted by Gasteiger charge is -2.39. The number of amides is 1. The predicted molar refractivity (Wildman–Crippen MR) is 55.6 cm³/mol. The zero-order valence-electron chi connectivity index (χ0n) is 9.44. The number of rotatable bonds is 1. The molecule has 0 unspecified atom stereocenters. The second-order valence-electron chi connectivity index (χ2n) is 4.48. The van der Waals surface area contributed by atoms with Crippen LogP contribution >= 0.6 is 0 Å². The molecule has 2 fully saturated rings. The van der Waals surface area contributed by atoms with Crippen molar-refractivity contribution in [1.29, 1.82) is 0 Å². The Kier molecular flexibility index (Phi) is 3.26. The third-order valence-corrected chi connectivity index (χ3v) is 3.13. The normalized spacial score (nSPS) is 36.9. The third kappa shape index (κ3) is 2.16. The molecule has 4 nitrogen and oxygen atoms in total. The van der Waals surface area contributed by atoms with Crippen molar-refractivity contribution < 1.29 is 14.3 Å². The molecule has 2 aliphatic heterocycles. The molecule has 4 heteroatoms. The highest BCUT2D eigenvalue weighted by molar-refractivity contribution is 5.81. The van der Waals surface area contributed by atoms with Crippen molar-refractivity contribution in [2.45, 2.75) is 44.9 Å². The van der Waals surface area contributed by atoms with Gasteiger partial charge in [0, 0.05) is 6.61 Å². The summed E-state index contributed by atoms with van der Waals surface area (Å²) in [6.07, 6.45) is 1.67. The van der Waals surface area contributed by atoms with Gasteiger partial charge in [-0.2, -0.15) is 0 Å². The smallest absolute Gasteiger partial charge is 0.252 e. The zero-order valence-corrected chi connectivity index (χ0v) is 9.44. The summed E-state index contributed by atoms with van der Waals surface area (Å²) in [6, 6.07) is 0.343. The van der Waals surface area contributed by atoms with E-state index in [1.54, 1.807) is 0 Å². The largest absolute Gasteiger partial charge is 0.377 e. The van der Waals surface area contributed by atoms with Gasteiger partial charge < -0.3 is 14.4 Å². The molecule has 2 saturated heterocycles. The van der Waals surface area contributed by atoms with Crippen molar-refractivity contribution in [3.63, 3.8) is 0 Å². The Labute approximate surface area is 90.5 Å². The van der Waals surface area contributed by atoms with Crippen LogP contribution < -0.4 is 0 Å². The molecule has 0 aromatic carbocycles. The van der Waals surface area contributed by atoms with Crippen molar-refractivity contribution in [2.24, 2.45) is 0 Å². The fourth-order valence-electron chi connectivity index (χ4n) is 2.38. The van der Waals surface area contributed by atoms with E-state index < -0.39 is 0 Å². The fraction of sp³-hybridized carbons (Fsp3) is 0.909. The second kappa shape index (κ2) is 4.49. The molecule has 1 amide bonds. The number of carbonyl (C=O) groups excluding carboxylic acids is 1. The molecule has 15 heavy (non-hydrogen) atoms. The standard InChI is InChI=1S/C11H19NO3/c1-8-6-14-7-9(2)12(8)11(13)10-4-3-5-15-10/h8-10H,3-7H2,1-2H3/t8-,9+,10-/m1/s1. The lowest BCUT2D eigenvalue weighted by atomic mass is 10.1. The summed E-state index contributed by atoms with van der Waals surface area (Å²) in [5.74, 6) is 0.149. The Morgan fingerprint density at radius 3 is 2.47 bits per heavy atom. The van der Waals surface area contributed by atoms with Gasteiger partial charge in [0.05, 0.1) is 25.3 Å². The number of nitrogens with zero attached hydrogens (tertiary/aromatic N) is 1. The van der Waals surface area contributed by atoms with Crippen LogP contribution in [0.15, 0.2) is 0 Å². The first-order chi connectivity index (χ1) is 7.20. The maximum Gasteiger partial charge on any atom is 0.252 e. The van der Waals surface area contributed by atoms with Crippen LogP contribution in [0.5, 0.6) is 0 Å². The molecule has 2 rings (SSSR count). The topological polar surface area (TPSA) is 38.8 Å². The minimum Gasteiger partial charge on any atom is -0.377 e. The van der Waals surface area contributed by atoms with Gasteiger partial charge in [0.2, 0.25) is 0 Å². The van der Waals surface area contributed by atoms with Gasteiger partial charge in [0.1, 0.15) is 6.10 Å². The van der Waals surface area contributed by atoms with Gasteiger partial charge in [0.15, 0.2) is 0 Å². The molecule has 3 atom stereocenters. The highest BCUT2D eigenvalue weighted by Crippen LogP contribution is 2.20. The van der Waals surface area contributed by atoms with Crippen LogP contribution in [0.2, 0.25) is 0 Å². The monoisotopic (exact) mass is 213 g/mol. The van der Waals surface area contributed by atoms with Crippen LogP contribution in [0, 0.1) is 0 Å². The van der Waals surface area contributed by atoms with E-state index >= 15 is 0 Å². The molecule has 86 valence electrons. The Bertz CT molecular complexity index is 228. The SMILES string of the molecule is C[C@@H]1COC[C@H](C)N1C(=O)[C@H]1CCCO1. The Balaban J connectivity index is 2.02. The number of hydrogen-bond acceptors (Lipinski definition) is 3. The summed E-state index contributed by atoms with van der Waals surface area (Å²) >= 11 is 0. The fourth-order valence-corrected chi connectivity index (χ4v) is 2.38. The average molecular weight is 213 g/mol. The molecule has 2 aliphatic rings. The molecule has 0 aliphatic carbocycles. The molecule has 0 bridgehead atoms. The van der Waals surface area contributed by atoms with Gasteiger partial charge in [-0.3, -0.25) is 4.79 Å². The zero-order chi connectivity index (χ0) is 10.8. The number of ether oxygens (including phenoxy) is 2. The summed E-state index contributed by atoms with van der Waals surface area (Å²) in [6.45, 7) is 6.07. The van der Waals surface area contributed by atoms with Gasteiger partial charge in [0.25, 0.3) is 5.91 Å². The molecule has 0 N–H and O–H groups in total. The summed E-state index contributed by atoms with van der Waals surface area (Å²) in [5, 5.41) is 0. The van der Waals surface area contributed by atoms with E-state index in [1.807, 2.05) is 18.7 Å². The highest BCUT2D eigenvalue weighted by Gasteiger charge is 2.35. The molecular formula is C11H19NO3. The van der Waals surface area contributed by atoms with E-state index in [9.17, 15) is 4.79 Å². The summed E-state index contributed by atoms with van der Waals surface area (Å²) in [5.41, 5.74) is 0. The highest BCUT2D eigenvalue weighted by atomic mass is 16.5. The first kappa shape index (κ1) is 10.9. The van der Waals surface area contributed by atoms with E-state index in [0.717, 1.165) is 19.4 Å². The van der Waals surface area contributed by atoms with Gasteiger partial charge >= 0.3 is 0 Å². The van der Waals surface area contributed by atoms with Gasteiger partial charge in [-0.05, 0) is 26.7 Å². The van der Waals surface area contributed by atoms with Crippen molar-refractivity contribution in [1.82, 2.24) is 4.90 Å². The number of carbonyl (C=O) groups is 1.